The first-order valence-corrected chi connectivity index (χ1v) is 3.72. The molecule has 0 spiro atoms. The highest BCUT2D eigenvalue weighted by atomic mass is 127. The minimum absolute atomic E-state index is 0.645. The van der Waals surface area contributed by atoms with E-state index in [1.165, 1.54) is 0 Å². The molecule has 2 nitrogen and oxygen atoms in total. The molecule has 1 atom stereocenters. The third kappa shape index (κ3) is 1.92. The van der Waals surface area contributed by atoms with Gasteiger partial charge in [-0.15, -0.1) is 0 Å². The summed E-state index contributed by atoms with van der Waals surface area (Å²) in [7, 11) is 0. The van der Waals surface area contributed by atoms with Crippen molar-refractivity contribution in [2.45, 2.75) is 4.05 Å². The Balaban J connectivity index is 2.12. The first-order valence-electron chi connectivity index (χ1n) is 2.48. The number of piperazine rings is 1. The van der Waals surface area contributed by atoms with Crippen molar-refractivity contribution in [3.8, 4) is 0 Å². The van der Waals surface area contributed by atoms with Crippen molar-refractivity contribution >= 4 is 22.6 Å². The second-order valence-corrected chi connectivity index (χ2v) is 3.13. The van der Waals surface area contributed by atoms with Crippen LogP contribution in [-0.2, 0) is 0 Å². The molecule has 0 bridgehead atoms. The second kappa shape index (κ2) is 2.84. The Morgan fingerprint density at radius 3 is 2.57 bits per heavy atom. The van der Waals surface area contributed by atoms with Crippen LogP contribution < -0.4 is 10.6 Å². The summed E-state index contributed by atoms with van der Waals surface area (Å²) in [6, 6.07) is 0. The summed E-state index contributed by atoms with van der Waals surface area (Å²) in [5.74, 6) is 0. The molecule has 0 aromatic carbocycles. The molecule has 7 heavy (non-hydrogen) atoms. The summed E-state index contributed by atoms with van der Waals surface area (Å²) in [6.45, 7) is 3.35. The maximum Gasteiger partial charge on any atom is 0.0720 e. The highest BCUT2D eigenvalue weighted by Crippen LogP contribution is 1.94. The summed E-state index contributed by atoms with van der Waals surface area (Å²) in [5, 5.41) is 6.57. The molecule has 1 saturated heterocycles. The van der Waals surface area contributed by atoms with Crippen LogP contribution in [0.4, 0.5) is 0 Å². The maximum absolute atomic E-state index is 3.31. The van der Waals surface area contributed by atoms with Crippen molar-refractivity contribution in [2.24, 2.45) is 0 Å². The van der Waals surface area contributed by atoms with E-state index in [9.17, 15) is 0 Å². The van der Waals surface area contributed by atoms with Crippen LogP contribution in [0.25, 0.3) is 0 Å². The van der Waals surface area contributed by atoms with E-state index in [0.29, 0.717) is 4.05 Å². The van der Waals surface area contributed by atoms with Gasteiger partial charge in [-0.2, -0.15) is 0 Å². The Hall–Kier alpha value is 0.650. The fourth-order valence-electron chi connectivity index (χ4n) is 0.618. The molecule has 0 unspecified atom stereocenters. The van der Waals surface area contributed by atoms with Gasteiger partial charge in [-0.25, -0.2) is 0 Å². The van der Waals surface area contributed by atoms with Gasteiger partial charge < -0.3 is 10.6 Å². The molecule has 0 aliphatic carbocycles. The number of rotatable bonds is 0. The minimum Gasteiger partial charge on any atom is -0.313 e. The van der Waals surface area contributed by atoms with Crippen molar-refractivity contribution in [1.29, 1.82) is 0 Å². The van der Waals surface area contributed by atoms with E-state index >= 15 is 0 Å². The van der Waals surface area contributed by atoms with E-state index in [4.69, 9.17) is 0 Å². The van der Waals surface area contributed by atoms with Gasteiger partial charge in [-0.1, -0.05) is 22.6 Å². The first kappa shape index (κ1) is 5.78. The van der Waals surface area contributed by atoms with Gasteiger partial charge in [0.05, 0.1) is 4.05 Å². The molecule has 3 heteroatoms. The van der Waals surface area contributed by atoms with Crippen LogP contribution >= 0.6 is 22.6 Å². The van der Waals surface area contributed by atoms with Gasteiger partial charge in [0, 0.05) is 19.6 Å². The SMILES string of the molecule is I[C@@H]1CNCCN1. The molecule has 2 N–H and O–H groups in total. The lowest BCUT2D eigenvalue weighted by atomic mass is 10.4. The Bertz CT molecular complexity index is 51.7. The highest BCUT2D eigenvalue weighted by Gasteiger charge is 2.04. The largest absolute Gasteiger partial charge is 0.313 e. The molecule has 1 heterocycles. The lowest BCUT2D eigenvalue weighted by Crippen LogP contribution is -2.44. The monoisotopic (exact) mass is 212 g/mol. The van der Waals surface area contributed by atoms with Crippen LogP contribution in [0.15, 0.2) is 0 Å². The zero-order valence-electron chi connectivity index (χ0n) is 4.08. The third-order valence-corrected chi connectivity index (χ3v) is 1.87. The van der Waals surface area contributed by atoms with Gasteiger partial charge >= 0.3 is 0 Å². The molecule has 0 aromatic heterocycles. The molecular weight excluding hydrogens is 203 g/mol. The van der Waals surface area contributed by atoms with Crippen molar-refractivity contribution in [1.82, 2.24) is 10.6 Å². The van der Waals surface area contributed by atoms with Gasteiger partial charge in [0.2, 0.25) is 0 Å². The number of nitrogens with one attached hydrogen (secondary N) is 2. The van der Waals surface area contributed by atoms with E-state index in [-0.39, 0.29) is 0 Å². The fourth-order valence-corrected chi connectivity index (χ4v) is 1.24. The van der Waals surface area contributed by atoms with E-state index < -0.39 is 0 Å². The van der Waals surface area contributed by atoms with Gasteiger partial charge in [-0.05, 0) is 0 Å². The standard InChI is InChI=1S/C4H9IN2/c5-4-3-6-1-2-7-4/h4,6-7H,1-3H2/t4-/m0/s1. The molecule has 0 amide bonds. The predicted molar refractivity (Wildman–Crippen MR) is 38.7 cm³/mol. The number of hydrogen-bond donors (Lipinski definition) is 2. The van der Waals surface area contributed by atoms with E-state index in [1.54, 1.807) is 0 Å². The average Bonchev–Trinajstić information content (AvgIpc) is 1.69. The van der Waals surface area contributed by atoms with Gasteiger partial charge in [0.15, 0.2) is 0 Å². The van der Waals surface area contributed by atoms with Crippen LogP contribution in [-0.4, -0.2) is 23.7 Å². The molecule has 1 aliphatic rings. The fraction of sp³-hybridized carbons (Fsp3) is 1.00. The average molecular weight is 212 g/mol. The Kier molecular flexibility index (Phi) is 2.34. The molecule has 1 rings (SSSR count). The van der Waals surface area contributed by atoms with E-state index in [0.717, 1.165) is 19.6 Å². The second-order valence-electron chi connectivity index (χ2n) is 1.63. The minimum atomic E-state index is 0.645. The van der Waals surface area contributed by atoms with E-state index in [2.05, 4.69) is 33.2 Å². The number of halogens is 1. The highest BCUT2D eigenvalue weighted by molar-refractivity contribution is 14.1. The summed E-state index contributed by atoms with van der Waals surface area (Å²) in [6.07, 6.45) is 0. The lowest BCUT2D eigenvalue weighted by Gasteiger charge is -2.18. The normalized spacial score (nSPS) is 33.0. The summed E-state index contributed by atoms with van der Waals surface area (Å²) in [5.41, 5.74) is 0. The topological polar surface area (TPSA) is 24.1 Å². The maximum atomic E-state index is 3.31. The van der Waals surface area contributed by atoms with Crippen molar-refractivity contribution in [3.63, 3.8) is 0 Å². The van der Waals surface area contributed by atoms with Crippen molar-refractivity contribution < 1.29 is 0 Å². The van der Waals surface area contributed by atoms with Crippen molar-refractivity contribution in [3.05, 3.63) is 0 Å². The quantitative estimate of drug-likeness (QED) is 0.334. The van der Waals surface area contributed by atoms with Crippen LogP contribution in [0.1, 0.15) is 0 Å². The molecule has 0 saturated carbocycles. The lowest BCUT2D eigenvalue weighted by molar-refractivity contribution is 0.520. The molecule has 0 aromatic rings. The molecule has 0 radical (unpaired) electrons. The predicted octanol–water partition coefficient (Wildman–Crippen LogP) is -0.0597. The van der Waals surface area contributed by atoms with Crippen LogP contribution in [0.3, 0.4) is 0 Å². The third-order valence-electron chi connectivity index (χ3n) is 0.991. The smallest absolute Gasteiger partial charge is 0.0720 e. The zero-order chi connectivity index (χ0) is 5.11. The summed E-state index contributed by atoms with van der Waals surface area (Å²) < 4.78 is 0.645. The zero-order valence-corrected chi connectivity index (χ0v) is 6.23. The van der Waals surface area contributed by atoms with Crippen molar-refractivity contribution in [2.75, 3.05) is 19.6 Å². The summed E-state index contributed by atoms with van der Waals surface area (Å²) in [4.78, 5) is 0. The summed E-state index contributed by atoms with van der Waals surface area (Å²) >= 11 is 2.38. The number of hydrogen-bond acceptors (Lipinski definition) is 2. The van der Waals surface area contributed by atoms with Gasteiger partial charge in [0.25, 0.3) is 0 Å². The van der Waals surface area contributed by atoms with Crippen LogP contribution in [0.2, 0.25) is 0 Å². The molecule has 42 valence electrons. The van der Waals surface area contributed by atoms with Gasteiger partial charge in [0.1, 0.15) is 0 Å². The number of alkyl halides is 1. The van der Waals surface area contributed by atoms with Crippen LogP contribution in [0, 0.1) is 0 Å². The Labute approximate surface area is 57.2 Å². The Morgan fingerprint density at radius 1 is 1.43 bits per heavy atom. The van der Waals surface area contributed by atoms with E-state index in [1.807, 2.05) is 0 Å². The van der Waals surface area contributed by atoms with Crippen LogP contribution in [0.5, 0.6) is 0 Å². The Morgan fingerprint density at radius 2 is 2.29 bits per heavy atom. The molecular formula is C4H9IN2. The van der Waals surface area contributed by atoms with Gasteiger partial charge in [-0.3, -0.25) is 0 Å². The first-order chi connectivity index (χ1) is 3.39. The molecule has 1 aliphatic heterocycles. The molecule has 1 fully saturated rings.